The Kier molecular flexibility index (Phi) is 7.14. The molecule has 1 N–H and O–H groups in total. The standard InChI is InChI=1S/C23H25N3O2S/c1-4-15-28-20-10-8-7-9-17(20)16-21-22(27)25-23(29-21)24-18-11-13-19(14-12-18)26(5-2)6-3/h4,7-14,16H,1,5-6,15H2,2-3H3,(H,24,25,27). The number of carbonyl (C=O) groups excluding carboxylic acids is 1. The van der Waals surface area contributed by atoms with E-state index in [1.165, 1.54) is 17.4 Å². The van der Waals surface area contributed by atoms with Crippen molar-refractivity contribution < 1.29 is 9.53 Å². The summed E-state index contributed by atoms with van der Waals surface area (Å²) in [6.07, 6.45) is 3.52. The summed E-state index contributed by atoms with van der Waals surface area (Å²) in [7, 11) is 0. The number of hydrogen-bond donors (Lipinski definition) is 1. The lowest BCUT2D eigenvalue weighted by Gasteiger charge is -2.20. The summed E-state index contributed by atoms with van der Waals surface area (Å²) in [4.78, 5) is 19.8. The number of aliphatic imine (C=N–C) groups is 1. The number of benzene rings is 2. The summed E-state index contributed by atoms with van der Waals surface area (Å²) in [5.74, 6) is 0.553. The molecule has 2 aromatic carbocycles. The lowest BCUT2D eigenvalue weighted by atomic mass is 10.2. The smallest absolute Gasteiger partial charge is 0.264 e. The zero-order valence-corrected chi connectivity index (χ0v) is 17.5. The van der Waals surface area contributed by atoms with Crippen molar-refractivity contribution >= 4 is 40.3 Å². The Balaban J connectivity index is 1.76. The molecule has 1 saturated heterocycles. The minimum absolute atomic E-state index is 0.160. The number of thioether (sulfide) groups is 1. The molecule has 1 heterocycles. The molecule has 1 aliphatic rings. The highest BCUT2D eigenvalue weighted by atomic mass is 32.2. The minimum Gasteiger partial charge on any atom is -0.489 e. The van der Waals surface area contributed by atoms with E-state index in [1.807, 2.05) is 42.5 Å². The van der Waals surface area contributed by atoms with Crippen molar-refractivity contribution in [3.8, 4) is 5.75 Å². The minimum atomic E-state index is -0.160. The van der Waals surface area contributed by atoms with Crippen molar-refractivity contribution in [2.45, 2.75) is 13.8 Å². The summed E-state index contributed by atoms with van der Waals surface area (Å²) >= 11 is 1.32. The fraction of sp³-hybridized carbons (Fsp3) is 0.217. The van der Waals surface area contributed by atoms with Gasteiger partial charge in [0.2, 0.25) is 0 Å². The van der Waals surface area contributed by atoms with E-state index in [-0.39, 0.29) is 5.91 Å². The molecule has 2 aromatic rings. The van der Waals surface area contributed by atoms with Gasteiger partial charge in [-0.3, -0.25) is 4.79 Å². The molecular formula is C23H25N3O2S. The molecule has 0 saturated carbocycles. The molecule has 6 heteroatoms. The van der Waals surface area contributed by atoms with Crippen LogP contribution in [0.2, 0.25) is 0 Å². The number of para-hydroxylation sites is 1. The highest BCUT2D eigenvalue weighted by molar-refractivity contribution is 8.18. The van der Waals surface area contributed by atoms with Gasteiger partial charge in [0.25, 0.3) is 5.91 Å². The average molecular weight is 408 g/mol. The molecule has 150 valence electrons. The first-order chi connectivity index (χ1) is 14.1. The first kappa shape index (κ1) is 20.7. The monoisotopic (exact) mass is 407 g/mol. The summed E-state index contributed by atoms with van der Waals surface area (Å²) < 4.78 is 5.67. The maximum absolute atomic E-state index is 12.4. The number of hydrogen-bond acceptors (Lipinski definition) is 5. The van der Waals surface area contributed by atoms with Crippen LogP contribution in [0.3, 0.4) is 0 Å². The topological polar surface area (TPSA) is 53.9 Å². The van der Waals surface area contributed by atoms with Crippen LogP contribution in [0.5, 0.6) is 5.75 Å². The molecule has 0 radical (unpaired) electrons. The van der Waals surface area contributed by atoms with Crippen molar-refractivity contribution in [3.05, 3.63) is 71.7 Å². The second-order valence-electron chi connectivity index (χ2n) is 6.31. The van der Waals surface area contributed by atoms with Crippen LogP contribution in [-0.4, -0.2) is 30.8 Å². The molecule has 1 fully saturated rings. The van der Waals surface area contributed by atoms with Gasteiger partial charge in [0.05, 0.1) is 10.6 Å². The Morgan fingerprint density at radius 1 is 1.14 bits per heavy atom. The van der Waals surface area contributed by atoms with Crippen molar-refractivity contribution in [2.24, 2.45) is 4.99 Å². The SMILES string of the molecule is C=CCOc1ccccc1C=C1SC(=Nc2ccc(N(CC)CC)cc2)NC1=O. The predicted octanol–water partition coefficient (Wildman–Crippen LogP) is 4.99. The second-order valence-corrected chi connectivity index (χ2v) is 7.34. The van der Waals surface area contributed by atoms with E-state index in [0.717, 1.165) is 24.3 Å². The lowest BCUT2D eigenvalue weighted by Crippen LogP contribution is -2.21. The number of rotatable bonds is 8. The van der Waals surface area contributed by atoms with Gasteiger partial charge < -0.3 is 15.0 Å². The third-order valence-electron chi connectivity index (χ3n) is 4.42. The number of amidine groups is 1. The van der Waals surface area contributed by atoms with Crippen LogP contribution in [0.15, 0.2) is 71.1 Å². The van der Waals surface area contributed by atoms with E-state index in [4.69, 9.17) is 4.74 Å². The molecule has 1 aliphatic heterocycles. The molecular weight excluding hydrogens is 382 g/mol. The van der Waals surface area contributed by atoms with Crippen LogP contribution >= 0.6 is 11.8 Å². The van der Waals surface area contributed by atoms with Crippen molar-refractivity contribution in [1.82, 2.24) is 5.32 Å². The van der Waals surface area contributed by atoms with Gasteiger partial charge in [-0.25, -0.2) is 4.99 Å². The Bertz CT molecular complexity index is 931. The molecule has 0 unspecified atom stereocenters. The van der Waals surface area contributed by atoms with Crippen LogP contribution in [0.1, 0.15) is 19.4 Å². The largest absolute Gasteiger partial charge is 0.489 e. The van der Waals surface area contributed by atoms with Gasteiger partial charge in [-0.1, -0.05) is 30.9 Å². The van der Waals surface area contributed by atoms with Crippen LogP contribution in [0.4, 0.5) is 11.4 Å². The van der Waals surface area contributed by atoms with Crippen LogP contribution in [-0.2, 0) is 4.79 Å². The zero-order valence-electron chi connectivity index (χ0n) is 16.7. The molecule has 29 heavy (non-hydrogen) atoms. The maximum Gasteiger partial charge on any atom is 0.264 e. The number of anilines is 1. The van der Waals surface area contributed by atoms with E-state index in [1.54, 1.807) is 6.08 Å². The molecule has 5 nitrogen and oxygen atoms in total. The van der Waals surface area contributed by atoms with Gasteiger partial charge in [0, 0.05) is 24.3 Å². The van der Waals surface area contributed by atoms with Crippen LogP contribution < -0.4 is 15.0 Å². The van der Waals surface area contributed by atoms with E-state index in [2.05, 4.69) is 47.8 Å². The normalized spacial score (nSPS) is 16.1. The summed E-state index contributed by atoms with van der Waals surface area (Å²) in [6, 6.07) is 15.6. The number of nitrogens with zero attached hydrogens (tertiary/aromatic N) is 2. The van der Waals surface area contributed by atoms with Crippen molar-refractivity contribution in [2.75, 3.05) is 24.6 Å². The Labute approximate surface area is 176 Å². The predicted molar refractivity (Wildman–Crippen MR) is 123 cm³/mol. The lowest BCUT2D eigenvalue weighted by molar-refractivity contribution is -0.115. The molecule has 0 spiro atoms. The summed E-state index contributed by atoms with van der Waals surface area (Å²) in [5.41, 5.74) is 2.82. The van der Waals surface area contributed by atoms with Crippen molar-refractivity contribution in [1.29, 1.82) is 0 Å². The summed E-state index contributed by atoms with van der Waals surface area (Å²) in [6.45, 7) is 10.3. The summed E-state index contributed by atoms with van der Waals surface area (Å²) in [5, 5.41) is 3.40. The first-order valence-electron chi connectivity index (χ1n) is 9.62. The van der Waals surface area contributed by atoms with Gasteiger partial charge in [0.1, 0.15) is 12.4 Å². The van der Waals surface area contributed by atoms with Gasteiger partial charge in [-0.2, -0.15) is 0 Å². The number of amides is 1. The maximum atomic E-state index is 12.4. The first-order valence-corrected chi connectivity index (χ1v) is 10.4. The van der Waals surface area contributed by atoms with Gasteiger partial charge >= 0.3 is 0 Å². The number of carbonyl (C=O) groups is 1. The molecule has 1 amide bonds. The fourth-order valence-electron chi connectivity index (χ4n) is 2.95. The highest BCUT2D eigenvalue weighted by Crippen LogP contribution is 2.31. The van der Waals surface area contributed by atoms with Gasteiger partial charge in [-0.15, -0.1) is 0 Å². The molecule has 0 atom stereocenters. The quantitative estimate of drug-likeness (QED) is 0.495. The Morgan fingerprint density at radius 3 is 2.55 bits per heavy atom. The third kappa shape index (κ3) is 5.29. The van der Waals surface area contributed by atoms with E-state index < -0.39 is 0 Å². The number of nitrogens with one attached hydrogen (secondary N) is 1. The average Bonchev–Trinajstić information content (AvgIpc) is 3.08. The van der Waals surface area contributed by atoms with Gasteiger partial charge in [-0.05, 0) is 62.0 Å². The zero-order chi connectivity index (χ0) is 20.6. The second kappa shape index (κ2) is 9.98. The Morgan fingerprint density at radius 2 is 1.86 bits per heavy atom. The van der Waals surface area contributed by atoms with E-state index >= 15 is 0 Å². The molecule has 0 bridgehead atoms. The molecule has 0 aliphatic carbocycles. The highest BCUT2D eigenvalue weighted by Gasteiger charge is 2.24. The van der Waals surface area contributed by atoms with Gasteiger partial charge in [0.15, 0.2) is 5.17 Å². The fourth-order valence-corrected chi connectivity index (χ4v) is 3.78. The molecule has 3 rings (SSSR count). The Hall–Kier alpha value is -2.99. The van der Waals surface area contributed by atoms with Crippen LogP contribution in [0.25, 0.3) is 6.08 Å². The number of ether oxygens (including phenoxy) is 1. The third-order valence-corrected chi connectivity index (χ3v) is 5.33. The van der Waals surface area contributed by atoms with Crippen LogP contribution in [0, 0.1) is 0 Å². The van der Waals surface area contributed by atoms with E-state index in [0.29, 0.717) is 22.4 Å². The van der Waals surface area contributed by atoms with E-state index in [9.17, 15) is 4.79 Å². The van der Waals surface area contributed by atoms with Crippen molar-refractivity contribution in [3.63, 3.8) is 0 Å². The molecule has 0 aromatic heterocycles.